The summed E-state index contributed by atoms with van der Waals surface area (Å²) in [6, 6.07) is 18.2. The van der Waals surface area contributed by atoms with Crippen LogP contribution in [-0.2, 0) is 11.2 Å². The van der Waals surface area contributed by atoms with E-state index in [4.69, 9.17) is 0 Å². The van der Waals surface area contributed by atoms with Gasteiger partial charge in [0, 0.05) is 12.0 Å². The average Bonchev–Trinajstić information content (AvgIpc) is 3.03. The van der Waals surface area contributed by atoms with Crippen molar-refractivity contribution in [1.29, 1.82) is 0 Å². The van der Waals surface area contributed by atoms with E-state index in [0.717, 1.165) is 19.3 Å². The smallest absolute Gasteiger partial charge is 0.256 e. The summed E-state index contributed by atoms with van der Waals surface area (Å²) in [7, 11) is 0. The van der Waals surface area contributed by atoms with Gasteiger partial charge in [-0.05, 0) is 49.3 Å². The molecule has 2 aromatic rings. The van der Waals surface area contributed by atoms with E-state index in [1.54, 1.807) is 24.3 Å². The lowest BCUT2D eigenvalue weighted by Crippen LogP contribution is -2.44. The van der Waals surface area contributed by atoms with Crippen molar-refractivity contribution in [1.82, 2.24) is 4.90 Å². The van der Waals surface area contributed by atoms with Gasteiger partial charge in [-0.1, -0.05) is 68.8 Å². The van der Waals surface area contributed by atoms with Gasteiger partial charge in [-0.2, -0.15) is 0 Å². The second-order valence-electron chi connectivity index (χ2n) is 8.87. The third-order valence-corrected chi connectivity index (χ3v) is 5.91. The summed E-state index contributed by atoms with van der Waals surface area (Å²) in [5.74, 6) is -0.662. The van der Waals surface area contributed by atoms with E-state index in [-0.39, 0.29) is 35.4 Å². The molecule has 0 saturated carbocycles. The molecule has 0 spiro atoms. The Morgan fingerprint density at radius 3 is 2.19 bits per heavy atom. The predicted molar refractivity (Wildman–Crippen MR) is 125 cm³/mol. The van der Waals surface area contributed by atoms with E-state index in [9.17, 15) is 19.8 Å². The van der Waals surface area contributed by atoms with E-state index in [0.29, 0.717) is 18.4 Å². The summed E-state index contributed by atoms with van der Waals surface area (Å²) in [5.41, 5.74) is 1.67. The van der Waals surface area contributed by atoms with Crippen LogP contribution in [-0.4, -0.2) is 39.1 Å². The molecule has 0 aliphatic carbocycles. The number of aliphatic hydroxyl groups is 2. The predicted octanol–water partition coefficient (Wildman–Crippen LogP) is 5.06. The van der Waals surface area contributed by atoms with Crippen LogP contribution >= 0.6 is 0 Å². The zero-order valence-electron chi connectivity index (χ0n) is 18.9. The first-order valence-corrected chi connectivity index (χ1v) is 11.5. The van der Waals surface area contributed by atoms with Crippen LogP contribution in [0.5, 0.6) is 0 Å². The Morgan fingerprint density at radius 2 is 1.56 bits per heavy atom. The number of rotatable bonds is 10. The topological polar surface area (TPSA) is 77.8 Å². The van der Waals surface area contributed by atoms with Crippen molar-refractivity contribution in [3.63, 3.8) is 0 Å². The lowest BCUT2D eigenvalue weighted by Gasteiger charge is -2.29. The second-order valence-corrected chi connectivity index (χ2v) is 8.87. The molecule has 2 aromatic carbocycles. The number of ketones is 1. The molecular weight excluding hydrogens is 402 g/mol. The number of unbranched alkanes of at least 4 members (excludes halogenated alkanes) is 2. The van der Waals surface area contributed by atoms with Gasteiger partial charge in [-0.25, -0.2) is 0 Å². The number of carbonyl (C=O) groups is 2. The highest BCUT2D eigenvalue weighted by Gasteiger charge is 2.45. The van der Waals surface area contributed by atoms with Crippen LogP contribution in [0.15, 0.2) is 72.0 Å². The Balaban J connectivity index is 1.65. The lowest BCUT2D eigenvalue weighted by molar-refractivity contribution is -0.117. The molecule has 3 rings (SSSR count). The maximum atomic E-state index is 13.1. The number of benzene rings is 2. The molecule has 1 amide bonds. The highest BCUT2D eigenvalue weighted by molar-refractivity contribution is 6.01. The minimum Gasteiger partial charge on any atom is -0.510 e. The number of hydrogen-bond acceptors (Lipinski definition) is 4. The first kappa shape index (κ1) is 23.7. The van der Waals surface area contributed by atoms with Crippen molar-refractivity contribution in [2.75, 3.05) is 0 Å². The number of aliphatic hydroxyl groups excluding tert-OH is 2. The van der Waals surface area contributed by atoms with Crippen LogP contribution in [0.25, 0.3) is 0 Å². The van der Waals surface area contributed by atoms with Crippen molar-refractivity contribution >= 4 is 11.7 Å². The molecule has 0 fully saturated rings. The summed E-state index contributed by atoms with van der Waals surface area (Å²) in [4.78, 5) is 27.3. The van der Waals surface area contributed by atoms with E-state index < -0.39 is 12.3 Å². The van der Waals surface area contributed by atoms with Gasteiger partial charge in [0.25, 0.3) is 5.91 Å². The molecule has 170 valence electrons. The van der Waals surface area contributed by atoms with Crippen LogP contribution in [0.4, 0.5) is 0 Å². The van der Waals surface area contributed by atoms with Crippen molar-refractivity contribution in [3.05, 3.63) is 83.1 Å². The molecular formula is C27H33NO4. The zero-order chi connectivity index (χ0) is 23.1. The Labute approximate surface area is 190 Å². The monoisotopic (exact) mass is 435 g/mol. The Morgan fingerprint density at radius 1 is 0.938 bits per heavy atom. The molecule has 2 N–H and O–H groups in total. The van der Waals surface area contributed by atoms with Gasteiger partial charge in [0.05, 0.1) is 11.6 Å². The number of hydrogen-bond donors (Lipinski definition) is 2. The van der Waals surface area contributed by atoms with Crippen molar-refractivity contribution in [2.24, 2.45) is 5.92 Å². The van der Waals surface area contributed by atoms with Crippen molar-refractivity contribution in [2.45, 2.75) is 64.6 Å². The molecule has 1 heterocycles. The third kappa shape index (κ3) is 5.65. The van der Waals surface area contributed by atoms with Crippen LogP contribution < -0.4 is 0 Å². The first-order valence-electron chi connectivity index (χ1n) is 11.5. The van der Waals surface area contributed by atoms with Gasteiger partial charge in [0.15, 0.2) is 12.0 Å². The second kappa shape index (κ2) is 11.1. The largest absolute Gasteiger partial charge is 0.510 e. The molecule has 0 bridgehead atoms. The van der Waals surface area contributed by atoms with Crippen LogP contribution in [0.2, 0.25) is 0 Å². The molecule has 32 heavy (non-hydrogen) atoms. The van der Waals surface area contributed by atoms with Crippen LogP contribution in [0, 0.1) is 5.92 Å². The Kier molecular flexibility index (Phi) is 8.23. The number of amides is 1. The summed E-state index contributed by atoms with van der Waals surface area (Å²) in [6.45, 7) is 3.97. The zero-order valence-corrected chi connectivity index (χ0v) is 18.9. The van der Waals surface area contributed by atoms with E-state index >= 15 is 0 Å². The van der Waals surface area contributed by atoms with E-state index in [2.05, 4.69) is 12.1 Å². The summed E-state index contributed by atoms with van der Waals surface area (Å²) in [6.07, 6.45) is 2.77. The highest BCUT2D eigenvalue weighted by atomic mass is 16.3. The van der Waals surface area contributed by atoms with Crippen molar-refractivity contribution < 1.29 is 19.8 Å². The number of carbonyl (C=O) groups excluding carboxylic acids is 2. The molecule has 1 aliphatic rings. The van der Waals surface area contributed by atoms with Gasteiger partial charge in [-0.3, -0.25) is 14.5 Å². The van der Waals surface area contributed by atoms with Gasteiger partial charge in [-0.15, -0.1) is 0 Å². The molecule has 5 heteroatoms. The first-order chi connectivity index (χ1) is 15.4. The fraction of sp³-hybridized carbons (Fsp3) is 0.407. The van der Waals surface area contributed by atoms with Gasteiger partial charge in [0.1, 0.15) is 5.76 Å². The number of aryl methyl sites for hydroxylation is 1. The summed E-state index contributed by atoms with van der Waals surface area (Å²) in [5, 5.41) is 21.8. The molecule has 5 nitrogen and oxygen atoms in total. The standard InChI is InChI=1S/C27H33NO4/c1-19(2)18-22-25(30)24(27(32)28(22)26(31)21-15-9-5-10-16-21)23(29)17-11-4-8-14-20-12-6-3-7-13-20/h3,5-7,9-10,12-13,15-16,19,22,27,30,32H,4,8,11,14,17-18H2,1-2H3. The van der Waals surface area contributed by atoms with Gasteiger partial charge in [0.2, 0.25) is 0 Å². The van der Waals surface area contributed by atoms with Crippen LogP contribution in [0.3, 0.4) is 0 Å². The van der Waals surface area contributed by atoms with Crippen LogP contribution in [0.1, 0.15) is 61.9 Å². The molecule has 1 aliphatic heterocycles. The molecule has 2 atom stereocenters. The minimum atomic E-state index is -1.43. The fourth-order valence-electron chi connectivity index (χ4n) is 4.26. The lowest BCUT2D eigenvalue weighted by atomic mass is 9.99. The molecule has 0 saturated heterocycles. The number of Topliss-reactive ketones (excluding diaryl/α,β-unsaturated/α-hetero) is 1. The normalized spacial score (nSPS) is 18.4. The SMILES string of the molecule is CC(C)CC1C(O)=C(C(=O)CCCCCc2ccccc2)C(O)N1C(=O)c1ccccc1. The van der Waals surface area contributed by atoms with Gasteiger partial charge < -0.3 is 10.2 Å². The quantitative estimate of drug-likeness (QED) is 0.512. The maximum Gasteiger partial charge on any atom is 0.256 e. The summed E-state index contributed by atoms with van der Waals surface area (Å²) >= 11 is 0. The molecule has 2 unspecified atom stereocenters. The Hall–Kier alpha value is -2.92. The maximum absolute atomic E-state index is 13.1. The Bertz CT molecular complexity index is 937. The molecule has 0 radical (unpaired) electrons. The average molecular weight is 436 g/mol. The summed E-state index contributed by atoms with van der Waals surface area (Å²) < 4.78 is 0. The van der Waals surface area contributed by atoms with Gasteiger partial charge >= 0.3 is 0 Å². The number of nitrogens with zero attached hydrogens (tertiary/aromatic N) is 1. The minimum absolute atomic E-state index is 0.0250. The highest BCUT2D eigenvalue weighted by Crippen LogP contribution is 2.34. The van der Waals surface area contributed by atoms with E-state index in [1.165, 1.54) is 10.5 Å². The van der Waals surface area contributed by atoms with Crippen molar-refractivity contribution in [3.8, 4) is 0 Å². The third-order valence-electron chi connectivity index (χ3n) is 5.91. The fourth-order valence-corrected chi connectivity index (χ4v) is 4.26. The molecule has 0 aromatic heterocycles. The van der Waals surface area contributed by atoms with E-state index in [1.807, 2.05) is 38.1 Å².